The fraction of sp³-hybridized carbons (Fsp3) is 0. The summed E-state index contributed by atoms with van der Waals surface area (Å²) < 4.78 is 0. The maximum Gasteiger partial charge on any atom is 0.158 e. The van der Waals surface area contributed by atoms with E-state index in [1.54, 1.807) is 12.1 Å². The predicted octanol–water partition coefficient (Wildman–Crippen LogP) is 2.82. The second-order valence-corrected chi connectivity index (χ2v) is 4.15. The Morgan fingerprint density at radius 1 is 0.556 bits per heavy atom. The summed E-state index contributed by atoms with van der Waals surface area (Å²) >= 11 is 0. The monoisotopic (exact) mass is 242 g/mol. The zero-order valence-electron chi connectivity index (χ0n) is 9.25. The van der Waals surface area contributed by atoms with Gasteiger partial charge in [-0.05, 0) is 41.1 Å². The van der Waals surface area contributed by atoms with Crippen molar-refractivity contribution in [2.45, 2.75) is 0 Å². The molecular weight excluding hydrogens is 232 g/mol. The lowest BCUT2D eigenvalue weighted by molar-refractivity contribution is 0.405. The second-order valence-electron chi connectivity index (χ2n) is 4.15. The van der Waals surface area contributed by atoms with E-state index in [1.165, 1.54) is 24.3 Å². The van der Waals surface area contributed by atoms with Gasteiger partial charge in [0.05, 0.1) is 0 Å². The number of benzene rings is 3. The van der Waals surface area contributed by atoms with Crippen molar-refractivity contribution in [3.63, 3.8) is 0 Å². The van der Waals surface area contributed by atoms with E-state index in [0.717, 1.165) is 0 Å². The van der Waals surface area contributed by atoms with E-state index >= 15 is 0 Å². The van der Waals surface area contributed by atoms with Crippen LogP contribution in [0.4, 0.5) is 0 Å². The lowest BCUT2D eigenvalue weighted by atomic mass is 10.00. The van der Waals surface area contributed by atoms with Gasteiger partial charge in [-0.2, -0.15) is 0 Å². The minimum Gasteiger partial charge on any atom is -0.507 e. The van der Waals surface area contributed by atoms with Crippen LogP contribution in [0.5, 0.6) is 23.0 Å². The number of aromatic hydroxyl groups is 4. The summed E-state index contributed by atoms with van der Waals surface area (Å²) in [5.74, 6) is -0.421. The fourth-order valence-electron chi connectivity index (χ4n) is 2.17. The predicted molar refractivity (Wildman–Crippen MR) is 68.1 cm³/mol. The quantitative estimate of drug-likeness (QED) is 0.277. The van der Waals surface area contributed by atoms with E-state index in [9.17, 15) is 20.4 Å². The average Bonchev–Trinajstić information content (AvgIpc) is 2.35. The molecule has 0 fully saturated rings. The van der Waals surface area contributed by atoms with Crippen molar-refractivity contribution in [3.8, 4) is 23.0 Å². The molecule has 0 bridgehead atoms. The van der Waals surface area contributed by atoms with Gasteiger partial charge in [-0.3, -0.25) is 0 Å². The average molecular weight is 242 g/mol. The van der Waals surface area contributed by atoms with Gasteiger partial charge >= 0.3 is 0 Å². The Morgan fingerprint density at radius 3 is 2.00 bits per heavy atom. The summed E-state index contributed by atoms with van der Waals surface area (Å²) in [6.07, 6.45) is 0. The van der Waals surface area contributed by atoms with Crippen LogP contribution in [0.1, 0.15) is 0 Å². The molecule has 0 aliphatic heterocycles. The van der Waals surface area contributed by atoms with Crippen molar-refractivity contribution in [2.75, 3.05) is 0 Å². The molecule has 18 heavy (non-hydrogen) atoms. The van der Waals surface area contributed by atoms with Crippen LogP contribution in [-0.4, -0.2) is 20.4 Å². The topological polar surface area (TPSA) is 80.9 Å². The Hall–Kier alpha value is -2.62. The van der Waals surface area contributed by atoms with E-state index in [-0.39, 0.29) is 23.0 Å². The van der Waals surface area contributed by atoms with Gasteiger partial charge in [0.25, 0.3) is 0 Å². The van der Waals surface area contributed by atoms with Crippen LogP contribution in [0.3, 0.4) is 0 Å². The largest absolute Gasteiger partial charge is 0.507 e. The first-order valence-corrected chi connectivity index (χ1v) is 5.37. The normalized spacial score (nSPS) is 11.1. The molecule has 0 aromatic heterocycles. The lowest BCUT2D eigenvalue weighted by Crippen LogP contribution is -1.80. The summed E-state index contributed by atoms with van der Waals surface area (Å²) in [6, 6.07) is 8.93. The highest BCUT2D eigenvalue weighted by molar-refractivity contribution is 6.13. The molecule has 0 radical (unpaired) electrons. The summed E-state index contributed by atoms with van der Waals surface area (Å²) in [7, 11) is 0. The summed E-state index contributed by atoms with van der Waals surface area (Å²) in [5, 5.41) is 40.8. The van der Waals surface area contributed by atoms with Crippen LogP contribution in [0.25, 0.3) is 21.5 Å². The highest BCUT2D eigenvalue weighted by Crippen LogP contribution is 2.40. The molecule has 0 heterocycles. The van der Waals surface area contributed by atoms with E-state index in [2.05, 4.69) is 0 Å². The maximum atomic E-state index is 9.90. The van der Waals surface area contributed by atoms with Gasteiger partial charge in [0.15, 0.2) is 11.5 Å². The highest BCUT2D eigenvalue weighted by atomic mass is 16.3. The minimum absolute atomic E-state index is 0.0125. The van der Waals surface area contributed by atoms with E-state index < -0.39 is 0 Å². The molecule has 4 nitrogen and oxygen atoms in total. The summed E-state index contributed by atoms with van der Waals surface area (Å²) in [6.45, 7) is 0. The molecular formula is C14H10O4. The number of rotatable bonds is 0. The first kappa shape index (κ1) is 10.5. The minimum atomic E-state index is -0.266. The van der Waals surface area contributed by atoms with Gasteiger partial charge in [-0.25, -0.2) is 0 Å². The Bertz CT molecular complexity index is 778. The third-order valence-electron chi connectivity index (χ3n) is 3.05. The SMILES string of the molecule is Oc1cc2ccc3c(O)ccc(O)c3c2cc1O. The number of phenolic OH excluding ortho intramolecular Hbond substituents is 4. The van der Waals surface area contributed by atoms with E-state index in [1.807, 2.05) is 0 Å². The van der Waals surface area contributed by atoms with Crippen LogP contribution in [-0.2, 0) is 0 Å². The molecule has 0 unspecified atom stereocenters. The number of phenols is 4. The van der Waals surface area contributed by atoms with Crippen LogP contribution in [0, 0.1) is 0 Å². The molecule has 3 aromatic carbocycles. The van der Waals surface area contributed by atoms with Crippen LogP contribution >= 0.6 is 0 Å². The smallest absolute Gasteiger partial charge is 0.158 e. The van der Waals surface area contributed by atoms with E-state index in [0.29, 0.717) is 21.5 Å². The molecule has 4 N–H and O–H groups in total. The van der Waals surface area contributed by atoms with Gasteiger partial charge in [0.1, 0.15) is 11.5 Å². The summed E-state index contributed by atoms with van der Waals surface area (Å²) in [4.78, 5) is 0. The zero-order valence-corrected chi connectivity index (χ0v) is 9.25. The molecule has 0 aliphatic rings. The van der Waals surface area contributed by atoms with E-state index in [4.69, 9.17) is 0 Å². The van der Waals surface area contributed by atoms with Gasteiger partial charge in [0, 0.05) is 10.8 Å². The van der Waals surface area contributed by atoms with Gasteiger partial charge in [-0.15, -0.1) is 0 Å². The molecule has 90 valence electrons. The third-order valence-corrected chi connectivity index (χ3v) is 3.05. The fourth-order valence-corrected chi connectivity index (χ4v) is 2.17. The van der Waals surface area contributed by atoms with Crippen molar-refractivity contribution >= 4 is 21.5 Å². The summed E-state index contributed by atoms with van der Waals surface area (Å²) in [5.41, 5.74) is 0. The van der Waals surface area contributed by atoms with Crippen LogP contribution in [0.2, 0.25) is 0 Å². The molecule has 0 amide bonds. The van der Waals surface area contributed by atoms with Crippen LogP contribution < -0.4 is 0 Å². The molecule has 0 aliphatic carbocycles. The van der Waals surface area contributed by atoms with Crippen molar-refractivity contribution in [1.29, 1.82) is 0 Å². The molecule has 0 saturated heterocycles. The van der Waals surface area contributed by atoms with Crippen molar-refractivity contribution < 1.29 is 20.4 Å². The van der Waals surface area contributed by atoms with Crippen LogP contribution in [0.15, 0.2) is 36.4 Å². The first-order chi connectivity index (χ1) is 8.58. The standard InChI is InChI=1S/C14H10O4/c15-10-3-4-11(16)14-8(10)2-1-7-5-12(17)13(18)6-9(7)14/h1-6,15-18H. The third kappa shape index (κ3) is 1.32. The molecule has 4 heteroatoms. The Kier molecular flexibility index (Phi) is 2.01. The van der Waals surface area contributed by atoms with Crippen molar-refractivity contribution in [3.05, 3.63) is 36.4 Å². The molecule has 0 spiro atoms. The number of hydrogen-bond donors (Lipinski definition) is 4. The second kappa shape index (κ2) is 3.43. The number of hydrogen-bond acceptors (Lipinski definition) is 4. The van der Waals surface area contributed by atoms with Crippen molar-refractivity contribution in [1.82, 2.24) is 0 Å². The highest BCUT2D eigenvalue weighted by Gasteiger charge is 2.11. The number of fused-ring (bicyclic) bond motifs is 3. The van der Waals surface area contributed by atoms with Gasteiger partial charge < -0.3 is 20.4 Å². The van der Waals surface area contributed by atoms with Gasteiger partial charge in [0.2, 0.25) is 0 Å². The molecule has 0 atom stereocenters. The Labute approximate surface area is 102 Å². The maximum absolute atomic E-state index is 9.90. The Morgan fingerprint density at radius 2 is 1.22 bits per heavy atom. The van der Waals surface area contributed by atoms with Crippen molar-refractivity contribution in [2.24, 2.45) is 0 Å². The first-order valence-electron chi connectivity index (χ1n) is 5.37. The lowest BCUT2D eigenvalue weighted by Gasteiger charge is -2.08. The Balaban J connectivity index is 2.60. The molecule has 3 rings (SSSR count). The zero-order chi connectivity index (χ0) is 12.9. The molecule has 0 saturated carbocycles. The molecule has 3 aromatic rings. The van der Waals surface area contributed by atoms with Gasteiger partial charge in [-0.1, -0.05) is 6.07 Å².